The highest BCUT2D eigenvalue weighted by Gasteiger charge is 2.14. The Balaban J connectivity index is 2.35. The first-order valence-corrected chi connectivity index (χ1v) is 8.15. The maximum Gasteiger partial charge on any atom is 0.266 e. The lowest BCUT2D eigenvalue weighted by Gasteiger charge is -2.11. The molecule has 0 heterocycles. The van der Waals surface area contributed by atoms with Crippen LogP contribution >= 0.6 is 23.2 Å². The van der Waals surface area contributed by atoms with Crippen LogP contribution in [-0.4, -0.2) is 17.6 Å². The molecule has 2 aromatic carbocycles. The van der Waals surface area contributed by atoms with Crippen molar-refractivity contribution in [3.63, 3.8) is 0 Å². The van der Waals surface area contributed by atoms with Crippen LogP contribution in [0.1, 0.15) is 5.56 Å². The van der Waals surface area contributed by atoms with Gasteiger partial charge in [0, 0.05) is 16.3 Å². The lowest BCUT2D eigenvalue weighted by atomic mass is 10.1. The van der Waals surface area contributed by atoms with Crippen molar-refractivity contribution in [3.05, 3.63) is 70.2 Å². The van der Waals surface area contributed by atoms with Crippen LogP contribution < -0.4 is 10.1 Å². The molecule has 2 aromatic rings. The summed E-state index contributed by atoms with van der Waals surface area (Å²) in [6.45, 7) is 3.77. The van der Waals surface area contributed by atoms with Crippen LogP contribution in [-0.2, 0) is 4.79 Å². The number of anilines is 1. The Morgan fingerprint density at radius 3 is 2.62 bits per heavy atom. The van der Waals surface area contributed by atoms with E-state index in [9.17, 15) is 15.2 Å². The summed E-state index contributed by atoms with van der Waals surface area (Å²) in [5, 5.41) is 21.8. The molecule has 5 nitrogen and oxygen atoms in total. The van der Waals surface area contributed by atoms with Crippen molar-refractivity contribution in [1.29, 1.82) is 5.26 Å². The van der Waals surface area contributed by atoms with E-state index in [1.807, 2.05) is 6.07 Å². The standard InChI is InChI=1S/C19H14Cl2N2O3/c1-2-7-26-18-12(9-14(20)10-17(18)21)8-13(11-22)19(25)23-15-3-5-16(24)6-4-15/h2-6,8-10,24H,1,7H2,(H,23,25)/b13-8+. The van der Waals surface area contributed by atoms with E-state index in [0.717, 1.165) is 0 Å². The quantitative estimate of drug-likeness (QED) is 0.322. The zero-order valence-corrected chi connectivity index (χ0v) is 15.0. The van der Waals surface area contributed by atoms with Gasteiger partial charge in [0.05, 0.1) is 5.02 Å². The van der Waals surface area contributed by atoms with Crippen LogP contribution in [0.5, 0.6) is 11.5 Å². The molecule has 132 valence electrons. The van der Waals surface area contributed by atoms with Gasteiger partial charge in [0.1, 0.15) is 29.7 Å². The van der Waals surface area contributed by atoms with E-state index in [1.165, 1.54) is 42.5 Å². The first-order valence-electron chi connectivity index (χ1n) is 7.39. The van der Waals surface area contributed by atoms with E-state index < -0.39 is 5.91 Å². The molecule has 0 aliphatic carbocycles. The van der Waals surface area contributed by atoms with Crippen molar-refractivity contribution >= 4 is 40.9 Å². The minimum Gasteiger partial charge on any atom is -0.508 e. The Kier molecular flexibility index (Phi) is 6.67. The molecule has 0 bridgehead atoms. The van der Waals surface area contributed by atoms with Crippen LogP contribution in [0.3, 0.4) is 0 Å². The third-order valence-corrected chi connectivity index (χ3v) is 3.67. The zero-order chi connectivity index (χ0) is 19.1. The van der Waals surface area contributed by atoms with E-state index in [2.05, 4.69) is 11.9 Å². The van der Waals surface area contributed by atoms with E-state index in [1.54, 1.807) is 6.08 Å². The number of halogens is 2. The predicted molar refractivity (Wildman–Crippen MR) is 102 cm³/mol. The Bertz CT molecular complexity index is 900. The number of nitriles is 1. The van der Waals surface area contributed by atoms with Gasteiger partial charge in [0.25, 0.3) is 5.91 Å². The molecule has 2 rings (SSSR count). The summed E-state index contributed by atoms with van der Waals surface area (Å²) in [4.78, 5) is 12.3. The normalized spacial score (nSPS) is 10.7. The Hall–Kier alpha value is -2.94. The van der Waals surface area contributed by atoms with E-state index in [4.69, 9.17) is 27.9 Å². The Morgan fingerprint density at radius 1 is 1.31 bits per heavy atom. The zero-order valence-electron chi connectivity index (χ0n) is 13.5. The van der Waals surface area contributed by atoms with Gasteiger partial charge in [0.15, 0.2) is 0 Å². The fraction of sp³-hybridized carbons (Fsp3) is 0.0526. The van der Waals surface area contributed by atoms with Gasteiger partial charge in [-0.25, -0.2) is 0 Å². The van der Waals surface area contributed by atoms with Gasteiger partial charge in [-0.3, -0.25) is 4.79 Å². The Labute approximate surface area is 160 Å². The number of nitrogens with zero attached hydrogens (tertiary/aromatic N) is 1. The first-order chi connectivity index (χ1) is 12.4. The third kappa shape index (κ3) is 5.03. The SMILES string of the molecule is C=CCOc1c(Cl)cc(Cl)cc1/C=C(\C#N)C(=O)Nc1ccc(O)cc1. The summed E-state index contributed by atoms with van der Waals surface area (Å²) < 4.78 is 5.51. The highest BCUT2D eigenvalue weighted by atomic mass is 35.5. The van der Waals surface area contributed by atoms with Gasteiger partial charge >= 0.3 is 0 Å². The molecule has 1 amide bonds. The second-order valence-electron chi connectivity index (χ2n) is 5.08. The molecule has 0 saturated carbocycles. The van der Waals surface area contributed by atoms with E-state index >= 15 is 0 Å². The summed E-state index contributed by atoms with van der Waals surface area (Å²) in [5.74, 6) is -0.262. The summed E-state index contributed by atoms with van der Waals surface area (Å²) >= 11 is 12.2. The number of hydrogen-bond donors (Lipinski definition) is 2. The monoisotopic (exact) mass is 388 g/mol. The molecule has 0 aromatic heterocycles. The van der Waals surface area contributed by atoms with Crippen molar-refractivity contribution in [3.8, 4) is 17.6 Å². The molecule has 0 atom stereocenters. The lowest BCUT2D eigenvalue weighted by molar-refractivity contribution is -0.112. The predicted octanol–water partition coefficient (Wildman–Crippen LogP) is 4.81. The van der Waals surface area contributed by atoms with Crippen LogP contribution in [0.2, 0.25) is 10.0 Å². The van der Waals surface area contributed by atoms with E-state index in [-0.39, 0.29) is 23.0 Å². The number of phenolic OH excluding ortho intramolecular Hbond substituents is 1. The van der Waals surface area contributed by atoms with Gasteiger partial charge < -0.3 is 15.2 Å². The average molecular weight is 389 g/mol. The molecule has 0 spiro atoms. The van der Waals surface area contributed by atoms with Crippen LogP contribution in [0.15, 0.2) is 54.6 Å². The number of hydrogen-bond acceptors (Lipinski definition) is 4. The summed E-state index contributed by atoms with van der Waals surface area (Å²) in [6.07, 6.45) is 2.88. The third-order valence-electron chi connectivity index (χ3n) is 3.17. The van der Waals surface area contributed by atoms with Gasteiger partial charge in [-0.05, 0) is 42.5 Å². The molecule has 0 saturated heterocycles. The minimum absolute atomic E-state index is 0.0663. The molecule has 2 N–H and O–H groups in total. The number of benzene rings is 2. The van der Waals surface area contributed by atoms with Crippen LogP contribution in [0, 0.1) is 11.3 Å². The molecule has 26 heavy (non-hydrogen) atoms. The highest BCUT2D eigenvalue weighted by Crippen LogP contribution is 2.34. The fourth-order valence-electron chi connectivity index (χ4n) is 2.03. The molecular weight excluding hydrogens is 375 g/mol. The summed E-state index contributed by atoms with van der Waals surface area (Å²) in [7, 11) is 0. The second-order valence-corrected chi connectivity index (χ2v) is 5.92. The van der Waals surface area contributed by atoms with Gasteiger partial charge in [0.2, 0.25) is 0 Å². The number of carbonyl (C=O) groups excluding carboxylic acids is 1. The number of carbonyl (C=O) groups is 1. The van der Waals surface area contributed by atoms with Crippen molar-refractivity contribution < 1.29 is 14.6 Å². The number of phenols is 1. The first kappa shape index (κ1) is 19.4. The number of aromatic hydroxyl groups is 1. The molecule has 0 radical (unpaired) electrons. The smallest absolute Gasteiger partial charge is 0.266 e. The summed E-state index contributed by atoms with van der Waals surface area (Å²) in [6, 6.07) is 10.7. The molecule has 0 unspecified atom stereocenters. The van der Waals surface area contributed by atoms with Crippen molar-refractivity contribution in [2.45, 2.75) is 0 Å². The fourth-order valence-corrected chi connectivity index (χ4v) is 2.59. The number of ether oxygens (including phenoxy) is 1. The molecule has 0 aliphatic rings. The highest BCUT2D eigenvalue weighted by molar-refractivity contribution is 6.36. The minimum atomic E-state index is -0.621. The Morgan fingerprint density at radius 2 is 2.00 bits per heavy atom. The molecular formula is C19H14Cl2N2O3. The van der Waals surface area contributed by atoms with Gasteiger partial charge in [-0.1, -0.05) is 35.9 Å². The van der Waals surface area contributed by atoms with Gasteiger partial charge in [-0.15, -0.1) is 0 Å². The van der Waals surface area contributed by atoms with Crippen molar-refractivity contribution in [1.82, 2.24) is 0 Å². The maximum atomic E-state index is 12.3. The topological polar surface area (TPSA) is 82.3 Å². The lowest BCUT2D eigenvalue weighted by Crippen LogP contribution is -2.13. The second kappa shape index (κ2) is 8.95. The average Bonchev–Trinajstić information content (AvgIpc) is 2.60. The molecule has 7 heteroatoms. The molecule has 0 fully saturated rings. The van der Waals surface area contributed by atoms with Crippen LogP contribution in [0.4, 0.5) is 5.69 Å². The van der Waals surface area contributed by atoms with Crippen molar-refractivity contribution in [2.75, 3.05) is 11.9 Å². The van der Waals surface area contributed by atoms with Gasteiger partial charge in [-0.2, -0.15) is 5.26 Å². The number of amides is 1. The molecule has 0 aliphatic heterocycles. The van der Waals surface area contributed by atoms with E-state index in [0.29, 0.717) is 22.0 Å². The summed E-state index contributed by atoms with van der Waals surface area (Å²) in [5.41, 5.74) is 0.655. The number of rotatable bonds is 6. The number of nitrogens with one attached hydrogen (secondary N) is 1. The maximum absolute atomic E-state index is 12.3. The van der Waals surface area contributed by atoms with Crippen LogP contribution in [0.25, 0.3) is 6.08 Å². The largest absolute Gasteiger partial charge is 0.508 e. The van der Waals surface area contributed by atoms with Crippen molar-refractivity contribution in [2.24, 2.45) is 0 Å².